The lowest BCUT2D eigenvalue weighted by Gasteiger charge is -2.34. The van der Waals surface area contributed by atoms with E-state index in [2.05, 4.69) is 29.7 Å². The lowest BCUT2D eigenvalue weighted by atomic mass is 10.0. The first-order valence-corrected chi connectivity index (χ1v) is 10.1. The number of likely N-dealkylation sites (tertiary alicyclic amines) is 1. The van der Waals surface area contributed by atoms with E-state index in [0.717, 1.165) is 37.2 Å². The number of rotatable bonds is 6. The van der Waals surface area contributed by atoms with Gasteiger partial charge < -0.3 is 25.0 Å². The average Bonchev–Trinajstić information content (AvgIpc) is 2.75. The van der Waals surface area contributed by atoms with Crippen LogP contribution in [0.25, 0.3) is 0 Å². The molecule has 1 heterocycles. The zero-order valence-corrected chi connectivity index (χ0v) is 17.7. The van der Waals surface area contributed by atoms with Crippen LogP contribution in [0.2, 0.25) is 0 Å². The first-order chi connectivity index (χ1) is 14.0. The van der Waals surface area contributed by atoms with Crippen molar-refractivity contribution in [2.45, 2.75) is 38.8 Å². The van der Waals surface area contributed by atoms with Crippen molar-refractivity contribution >= 4 is 11.7 Å². The van der Waals surface area contributed by atoms with Crippen molar-refractivity contribution in [3.05, 3.63) is 53.6 Å². The van der Waals surface area contributed by atoms with Crippen molar-refractivity contribution in [2.75, 3.05) is 32.6 Å². The monoisotopic (exact) mass is 397 g/mol. The number of carbonyl (C=O) groups excluding carboxylic acids is 1. The number of ether oxygens (including phenoxy) is 2. The Morgan fingerprint density at radius 3 is 2.48 bits per heavy atom. The standard InChI is InChI=1S/C23H31N3O3/c1-16-7-5-6-8-21(16)25-18-11-13-26(14-12-18)23(27)24-17(2)20-10-9-19(28-3)15-22(20)29-4/h5-10,15,17-18,25H,11-14H2,1-4H3,(H,24,27)/t17-/m1/s1. The van der Waals surface area contributed by atoms with Crippen molar-refractivity contribution in [2.24, 2.45) is 0 Å². The number of aryl methyl sites for hydroxylation is 1. The second kappa shape index (κ2) is 9.54. The van der Waals surface area contributed by atoms with Gasteiger partial charge in [0.2, 0.25) is 0 Å². The number of methoxy groups -OCH3 is 2. The van der Waals surface area contributed by atoms with E-state index in [-0.39, 0.29) is 12.1 Å². The molecule has 2 N–H and O–H groups in total. The van der Waals surface area contributed by atoms with Crippen LogP contribution < -0.4 is 20.1 Å². The third-order valence-electron chi connectivity index (χ3n) is 5.53. The number of para-hydroxylation sites is 1. The number of nitrogens with one attached hydrogen (secondary N) is 2. The van der Waals surface area contributed by atoms with E-state index in [1.807, 2.05) is 42.2 Å². The molecule has 156 valence electrons. The summed E-state index contributed by atoms with van der Waals surface area (Å²) >= 11 is 0. The van der Waals surface area contributed by atoms with Crippen molar-refractivity contribution in [3.63, 3.8) is 0 Å². The third kappa shape index (κ3) is 5.13. The second-order valence-corrected chi connectivity index (χ2v) is 7.50. The van der Waals surface area contributed by atoms with Gasteiger partial charge in [0, 0.05) is 36.4 Å². The van der Waals surface area contributed by atoms with Crippen LogP contribution in [-0.4, -0.2) is 44.3 Å². The van der Waals surface area contributed by atoms with E-state index in [1.165, 1.54) is 11.3 Å². The van der Waals surface area contributed by atoms with Crippen LogP contribution >= 0.6 is 0 Å². The van der Waals surface area contributed by atoms with Crippen LogP contribution in [0.5, 0.6) is 11.5 Å². The summed E-state index contributed by atoms with van der Waals surface area (Å²) in [4.78, 5) is 14.6. The number of piperidine rings is 1. The molecule has 2 amide bonds. The van der Waals surface area contributed by atoms with Crippen LogP contribution in [-0.2, 0) is 0 Å². The molecule has 0 spiro atoms. The Balaban J connectivity index is 1.54. The summed E-state index contributed by atoms with van der Waals surface area (Å²) in [6.07, 6.45) is 1.87. The second-order valence-electron chi connectivity index (χ2n) is 7.50. The number of carbonyl (C=O) groups is 1. The molecule has 0 aliphatic carbocycles. The quantitative estimate of drug-likeness (QED) is 0.760. The fourth-order valence-electron chi connectivity index (χ4n) is 3.71. The molecular formula is C23H31N3O3. The van der Waals surface area contributed by atoms with Crippen LogP contribution in [0.15, 0.2) is 42.5 Å². The number of nitrogens with zero attached hydrogens (tertiary/aromatic N) is 1. The van der Waals surface area contributed by atoms with E-state index >= 15 is 0 Å². The van der Waals surface area contributed by atoms with Crippen LogP contribution in [0.4, 0.5) is 10.5 Å². The third-order valence-corrected chi connectivity index (χ3v) is 5.53. The van der Waals surface area contributed by atoms with Crippen molar-refractivity contribution in [1.82, 2.24) is 10.2 Å². The van der Waals surface area contributed by atoms with Crippen LogP contribution in [0.1, 0.15) is 36.9 Å². The lowest BCUT2D eigenvalue weighted by molar-refractivity contribution is 0.180. The Labute approximate surface area is 173 Å². The number of amides is 2. The first-order valence-electron chi connectivity index (χ1n) is 10.1. The Morgan fingerprint density at radius 1 is 1.10 bits per heavy atom. The minimum absolute atomic E-state index is 0.0373. The van der Waals surface area contributed by atoms with Crippen LogP contribution in [0.3, 0.4) is 0 Å². The summed E-state index contributed by atoms with van der Waals surface area (Å²) in [7, 11) is 3.25. The zero-order valence-electron chi connectivity index (χ0n) is 17.7. The maximum absolute atomic E-state index is 12.8. The molecule has 1 saturated heterocycles. The molecule has 0 unspecified atom stereocenters. The molecule has 0 saturated carbocycles. The van der Waals surface area contributed by atoms with Gasteiger partial charge >= 0.3 is 6.03 Å². The van der Waals surface area contributed by atoms with E-state index < -0.39 is 0 Å². The van der Waals surface area contributed by atoms with Gasteiger partial charge in [-0.2, -0.15) is 0 Å². The smallest absolute Gasteiger partial charge is 0.317 e. The fourth-order valence-corrected chi connectivity index (χ4v) is 3.71. The van der Waals surface area contributed by atoms with Crippen molar-refractivity contribution in [1.29, 1.82) is 0 Å². The summed E-state index contributed by atoms with van der Waals surface area (Å²) in [6.45, 7) is 5.55. The normalized spacial score (nSPS) is 15.5. The molecule has 2 aromatic carbocycles. The topological polar surface area (TPSA) is 62.8 Å². The van der Waals surface area contributed by atoms with Gasteiger partial charge in [-0.25, -0.2) is 4.79 Å². The van der Waals surface area contributed by atoms with Gasteiger partial charge in [0.15, 0.2) is 0 Å². The molecule has 1 atom stereocenters. The van der Waals surface area contributed by atoms with Crippen molar-refractivity contribution in [3.8, 4) is 11.5 Å². The Kier molecular flexibility index (Phi) is 6.86. The van der Waals surface area contributed by atoms with Gasteiger partial charge in [-0.05, 0) is 50.5 Å². The summed E-state index contributed by atoms with van der Waals surface area (Å²) in [6, 6.07) is 14.2. The highest BCUT2D eigenvalue weighted by Gasteiger charge is 2.24. The van der Waals surface area contributed by atoms with Gasteiger partial charge in [0.1, 0.15) is 11.5 Å². The molecule has 1 aliphatic heterocycles. The fraction of sp³-hybridized carbons (Fsp3) is 0.435. The highest BCUT2D eigenvalue weighted by molar-refractivity contribution is 5.75. The highest BCUT2D eigenvalue weighted by Crippen LogP contribution is 2.29. The number of hydrogen-bond acceptors (Lipinski definition) is 4. The molecule has 0 radical (unpaired) electrons. The van der Waals surface area contributed by atoms with Gasteiger partial charge in [-0.3, -0.25) is 0 Å². The van der Waals surface area contributed by atoms with E-state index in [9.17, 15) is 4.79 Å². The summed E-state index contributed by atoms with van der Waals surface area (Å²) in [5.74, 6) is 1.44. The van der Waals surface area contributed by atoms with Crippen LogP contribution in [0, 0.1) is 6.92 Å². The van der Waals surface area contributed by atoms with Gasteiger partial charge in [-0.1, -0.05) is 18.2 Å². The maximum atomic E-state index is 12.8. The minimum Gasteiger partial charge on any atom is -0.497 e. The molecular weight excluding hydrogens is 366 g/mol. The molecule has 1 aliphatic rings. The Bertz CT molecular complexity index is 832. The van der Waals surface area contributed by atoms with Gasteiger partial charge in [0.05, 0.1) is 20.3 Å². The first kappa shape index (κ1) is 20.8. The molecule has 3 rings (SSSR count). The SMILES string of the molecule is COc1ccc([C@@H](C)NC(=O)N2CCC(Nc3ccccc3C)CC2)c(OC)c1. The molecule has 2 aromatic rings. The van der Waals surface area contributed by atoms with E-state index in [0.29, 0.717) is 11.8 Å². The molecule has 29 heavy (non-hydrogen) atoms. The Morgan fingerprint density at radius 2 is 1.83 bits per heavy atom. The molecule has 6 heteroatoms. The predicted octanol–water partition coefficient (Wildman–Crippen LogP) is 4.36. The van der Waals surface area contributed by atoms with E-state index in [1.54, 1.807) is 14.2 Å². The molecule has 6 nitrogen and oxygen atoms in total. The predicted molar refractivity (Wildman–Crippen MR) is 116 cm³/mol. The van der Waals surface area contributed by atoms with Crippen molar-refractivity contribution < 1.29 is 14.3 Å². The number of benzene rings is 2. The lowest BCUT2D eigenvalue weighted by Crippen LogP contribution is -2.47. The molecule has 0 aromatic heterocycles. The largest absolute Gasteiger partial charge is 0.497 e. The Hall–Kier alpha value is -2.89. The summed E-state index contributed by atoms with van der Waals surface area (Å²) in [5.41, 5.74) is 3.35. The average molecular weight is 398 g/mol. The molecule has 1 fully saturated rings. The van der Waals surface area contributed by atoms with Gasteiger partial charge in [-0.15, -0.1) is 0 Å². The highest BCUT2D eigenvalue weighted by atomic mass is 16.5. The summed E-state index contributed by atoms with van der Waals surface area (Å²) < 4.78 is 10.7. The van der Waals surface area contributed by atoms with E-state index in [4.69, 9.17) is 9.47 Å². The number of hydrogen-bond donors (Lipinski definition) is 2. The molecule has 0 bridgehead atoms. The number of anilines is 1. The minimum atomic E-state index is -0.161. The maximum Gasteiger partial charge on any atom is 0.317 e. The number of urea groups is 1. The van der Waals surface area contributed by atoms with Gasteiger partial charge in [0.25, 0.3) is 0 Å². The summed E-state index contributed by atoms with van der Waals surface area (Å²) in [5, 5.41) is 6.71. The zero-order chi connectivity index (χ0) is 20.8.